The third kappa shape index (κ3) is 3.79. The van der Waals surface area contributed by atoms with Crippen LogP contribution in [0.2, 0.25) is 0 Å². The molecule has 0 unspecified atom stereocenters. The summed E-state index contributed by atoms with van der Waals surface area (Å²) in [6, 6.07) is 0. The van der Waals surface area contributed by atoms with Gasteiger partial charge in [-0.2, -0.15) is 13.2 Å². The molecule has 0 aliphatic carbocycles. The molecule has 0 aliphatic rings. The van der Waals surface area contributed by atoms with Crippen molar-refractivity contribution in [2.45, 2.75) is 25.9 Å². The highest BCUT2D eigenvalue weighted by molar-refractivity contribution is 6.01. The summed E-state index contributed by atoms with van der Waals surface area (Å²) in [5.41, 5.74) is 0.121. The number of alkyl halides is 3. The molecule has 0 fully saturated rings. The minimum Gasteiger partial charge on any atom is -0.478 e. The number of halogens is 3. The van der Waals surface area contributed by atoms with Crippen molar-refractivity contribution in [1.82, 2.24) is 4.98 Å². The Hall–Kier alpha value is -1.99. The molecule has 1 aromatic rings. The lowest BCUT2D eigenvalue weighted by molar-refractivity contribution is -0.142. The minimum atomic E-state index is -4.42. The van der Waals surface area contributed by atoms with Gasteiger partial charge in [-0.15, -0.1) is 0 Å². The maximum absolute atomic E-state index is 11.9. The van der Waals surface area contributed by atoms with Crippen molar-refractivity contribution in [3.8, 4) is 0 Å². The molecule has 0 saturated heterocycles. The van der Waals surface area contributed by atoms with E-state index < -0.39 is 30.9 Å². The molecule has 3 N–H and O–H groups in total. The number of carboxylic acid groups (broad SMARTS) is 1. The second-order valence-corrected chi connectivity index (χ2v) is 3.67. The Morgan fingerprint density at radius 3 is 2.56 bits per heavy atom. The normalized spacial score (nSPS) is 11.3. The Bertz CT molecular complexity index is 465. The molecule has 8 heteroatoms. The number of nitrogens with one attached hydrogen (secondary N) is 2. The van der Waals surface area contributed by atoms with Crippen molar-refractivity contribution in [3.63, 3.8) is 0 Å². The predicted octanol–water partition coefficient (Wildman–Crippen LogP) is 2.30. The van der Waals surface area contributed by atoms with E-state index in [1.54, 1.807) is 0 Å². The van der Waals surface area contributed by atoms with Crippen LogP contribution in [-0.2, 0) is 4.79 Å². The van der Waals surface area contributed by atoms with Crippen LogP contribution in [0.3, 0.4) is 0 Å². The Morgan fingerprint density at radius 2 is 2.06 bits per heavy atom. The topological polar surface area (TPSA) is 82.2 Å². The summed E-state index contributed by atoms with van der Waals surface area (Å²) >= 11 is 0. The van der Waals surface area contributed by atoms with E-state index in [1.165, 1.54) is 13.1 Å². The monoisotopic (exact) mass is 264 g/mol. The molecule has 1 aromatic heterocycles. The van der Waals surface area contributed by atoms with Crippen molar-refractivity contribution in [1.29, 1.82) is 0 Å². The van der Waals surface area contributed by atoms with Gasteiger partial charge in [0, 0.05) is 18.3 Å². The van der Waals surface area contributed by atoms with E-state index in [9.17, 15) is 22.8 Å². The van der Waals surface area contributed by atoms with Gasteiger partial charge in [-0.25, -0.2) is 4.79 Å². The fourth-order valence-electron chi connectivity index (χ4n) is 1.37. The van der Waals surface area contributed by atoms with E-state index in [0.717, 1.165) is 0 Å². The number of aromatic amines is 1. The molecule has 0 aromatic carbocycles. The number of carbonyl (C=O) groups excluding carboxylic acids is 1. The van der Waals surface area contributed by atoms with E-state index in [1.807, 2.05) is 0 Å². The number of aromatic nitrogens is 1. The number of aromatic carboxylic acids is 1. The van der Waals surface area contributed by atoms with Gasteiger partial charge < -0.3 is 15.4 Å². The van der Waals surface area contributed by atoms with Gasteiger partial charge in [0.15, 0.2) is 0 Å². The number of rotatable bonds is 4. The van der Waals surface area contributed by atoms with E-state index in [0.29, 0.717) is 5.69 Å². The zero-order valence-electron chi connectivity index (χ0n) is 9.39. The number of carbonyl (C=O) groups is 2. The summed E-state index contributed by atoms with van der Waals surface area (Å²) in [6.07, 6.45) is -5.18. The maximum atomic E-state index is 11.9. The summed E-state index contributed by atoms with van der Waals surface area (Å²) in [5, 5.41) is 11.0. The Kier molecular flexibility index (Phi) is 4.00. The van der Waals surface area contributed by atoms with Crippen LogP contribution in [0.1, 0.15) is 28.9 Å². The number of hydrogen-bond acceptors (Lipinski definition) is 2. The second kappa shape index (κ2) is 5.11. The average molecular weight is 264 g/mol. The molecule has 1 heterocycles. The number of amides is 1. The Balaban J connectivity index is 2.68. The van der Waals surface area contributed by atoms with Gasteiger partial charge in [0.2, 0.25) is 5.91 Å². The van der Waals surface area contributed by atoms with Crippen molar-refractivity contribution in [2.75, 3.05) is 5.32 Å². The van der Waals surface area contributed by atoms with Crippen molar-refractivity contribution < 1.29 is 27.9 Å². The van der Waals surface area contributed by atoms with Gasteiger partial charge in [-0.1, -0.05) is 0 Å². The number of aryl methyl sites for hydroxylation is 1. The first-order valence-corrected chi connectivity index (χ1v) is 4.98. The summed E-state index contributed by atoms with van der Waals surface area (Å²) < 4.78 is 35.7. The molecule has 1 rings (SSSR count). The highest BCUT2D eigenvalue weighted by Gasteiger charge is 2.28. The van der Waals surface area contributed by atoms with E-state index >= 15 is 0 Å². The van der Waals surface area contributed by atoms with Crippen molar-refractivity contribution >= 4 is 17.6 Å². The van der Waals surface area contributed by atoms with Crippen LogP contribution >= 0.6 is 0 Å². The molecule has 0 radical (unpaired) electrons. The van der Waals surface area contributed by atoms with Gasteiger partial charge in [-0.3, -0.25) is 4.79 Å². The van der Waals surface area contributed by atoms with Gasteiger partial charge in [0.05, 0.1) is 12.1 Å². The lowest BCUT2D eigenvalue weighted by Crippen LogP contribution is -2.17. The molecule has 0 spiro atoms. The predicted molar refractivity (Wildman–Crippen MR) is 56.4 cm³/mol. The smallest absolute Gasteiger partial charge is 0.389 e. The van der Waals surface area contributed by atoms with E-state index in [-0.39, 0.29) is 11.3 Å². The van der Waals surface area contributed by atoms with Crippen molar-refractivity contribution in [2.24, 2.45) is 0 Å². The summed E-state index contributed by atoms with van der Waals surface area (Å²) in [6.45, 7) is 1.48. The first kappa shape index (κ1) is 14.1. The van der Waals surface area contributed by atoms with Gasteiger partial charge in [0.25, 0.3) is 0 Å². The largest absolute Gasteiger partial charge is 0.478 e. The molecule has 100 valence electrons. The maximum Gasteiger partial charge on any atom is 0.389 e. The third-order valence-electron chi connectivity index (χ3n) is 2.20. The number of carboxylic acids is 1. The number of hydrogen-bond donors (Lipinski definition) is 3. The van der Waals surface area contributed by atoms with Crippen molar-refractivity contribution in [3.05, 3.63) is 17.5 Å². The Labute approximate surface area is 100.0 Å². The highest BCUT2D eigenvalue weighted by Crippen LogP contribution is 2.23. The first-order chi connectivity index (χ1) is 8.20. The molecular weight excluding hydrogens is 253 g/mol. The minimum absolute atomic E-state index is 0.0350. The molecule has 0 bridgehead atoms. The first-order valence-electron chi connectivity index (χ1n) is 4.98. The number of anilines is 1. The van der Waals surface area contributed by atoms with Gasteiger partial charge in [0.1, 0.15) is 5.56 Å². The van der Waals surface area contributed by atoms with Crippen LogP contribution in [0.25, 0.3) is 0 Å². The van der Waals surface area contributed by atoms with Gasteiger partial charge >= 0.3 is 12.1 Å². The van der Waals surface area contributed by atoms with Gasteiger partial charge in [-0.05, 0) is 6.92 Å². The lowest BCUT2D eigenvalue weighted by atomic mass is 10.2. The molecule has 1 amide bonds. The van der Waals surface area contributed by atoms with Crippen LogP contribution in [0.15, 0.2) is 6.20 Å². The van der Waals surface area contributed by atoms with Crippen LogP contribution in [-0.4, -0.2) is 28.1 Å². The van der Waals surface area contributed by atoms with Crippen LogP contribution in [0, 0.1) is 6.92 Å². The van der Waals surface area contributed by atoms with E-state index in [4.69, 9.17) is 5.11 Å². The SMILES string of the molecule is Cc1[nH]cc(NC(=O)CCC(F)(F)F)c1C(=O)O. The number of H-pyrrole nitrogens is 1. The standard InChI is InChI=1S/C10H11F3N2O3/c1-5-8(9(17)18)6(4-14-5)15-7(16)2-3-10(11,12)13/h4,14H,2-3H2,1H3,(H,15,16)(H,17,18). The summed E-state index contributed by atoms with van der Waals surface area (Å²) in [5.74, 6) is -2.14. The van der Waals surface area contributed by atoms with Crippen LogP contribution < -0.4 is 5.32 Å². The van der Waals surface area contributed by atoms with Crippen LogP contribution in [0.4, 0.5) is 18.9 Å². The molecule has 0 atom stereocenters. The third-order valence-corrected chi connectivity index (χ3v) is 2.20. The molecule has 18 heavy (non-hydrogen) atoms. The molecule has 5 nitrogen and oxygen atoms in total. The summed E-state index contributed by atoms with van der Waals surface area (Å²) in [7, 11) is 0. The zero-order valence-corrected chi connectivity index (χ0v) is 9.39. The summed E-state index contributed by atoms with van der Waals surface area (Å²) in [4.78, 5) is 24.7. The van der Waals surface area contributed by atoms with E-state index in [2.05, 4.69) is 10.3 Å². The fourth-order valence-corrected chi connectivity index (χ4v) is 1.37. The quantitative estimate of drug-likeness (QED) is 0.780. The highest BCUT2D eigenvalue weighted by atomic mass is 19.4. The molecular formula is C10H11F3N2O3. The molecule has 0 saturated carbocycles. The Morgan fingerprint density at radius 1 is 1.44 bits per heavy atom. The fraction of sp³-hybridized carbons (Fsp3) is 0.400. The molecule has 0 aliphatic heterocycles. The average Bonchev–Trinajstić information content (AvgIpc) is 2.55. The zero-order chi connectivity index (χ0) is 13.9. The van der Waals surface area contributed by atoms with Crippen LogP contribution in [0.5, 0.6) is 0 Å². The second-order valence-electron chi connectivity index (χ2n) is 3.67. The lowest BCUT2D eigenvalue weighted by Gasteiger charge is -2.07.